The Kier molecular flexibility index (Phi) is 8.17. The summed E-state index contributed by atoms with van der Waals surface area (Å²) >= 11 is 1.62. The number of carbonyl (C=O) groups is 1. The van der Waals surface area contributed by atoms with Gasteiger partial charge in [0, 0.05) is 25.2 Å². The van der Waals surface area contributed by atoms with Crippen LogP contribution in [-0.4, -0.2) is 72.4 Å². The normalized spacial score (nSPS) is 13.7. The highest BCUT2D eigenvalue weighted by Gasteiger charge is 2.20. The molecule has 4 rings (SSSR count). The van der Waals surface area contributed by atoms with E-state index in [0.717, 1.165) is 40.9 Å². The number of amides is 1. The molecule has 1 amide bonds. The molecule has 10 nitrogen and oxygen atoms in total. The van der Waals surface area contributed by atoms with E-state index in [2.05, 4.69) is 22.2 Å². The second-order valence-corrected chi connectivity index (χ2v) is 9.32. The molecule has 188 valence electrons. The van der Waals surface area contributed by atoms with Crippen LogP contribution >= 0.6 is 11.8 Å². The Morgan fingerprint density at radius 3 is 2.40 bits per heavy atom. The van der Waals surface area contributed by atoms with E-state index in [0.29, 0.717) is 35.9 Å². The van der Waals surface area contributed by atoms with Gasteiger partial charge in [0.1, 0.15) is 5.82 Å². The monoisotopic (exact) mass is 500 g/mol. The number of benzene rings is 1. The molecule has 0 radical (unpaired) electrons. The van der Waals surface area contributed by atoms with Crippen molar-refractivity contribution in [2.75, 3.05) is 51.6 Å². The predicted molar refractivity (Wildman–Crippen MR) is 136 cm³/mol. The van der Waals surface area contributed by atoms with Gasteiger partial charge in [0.15, 0.2) is 22.3 Å². The van der Waals surface area contributed by atoms with Crippen molar-refractivity contribution in [3.8, 4) is 17.2 Å². The molecule has 3 heterocycles. The predicted octanol–water partition coefficient (Wildman–Crippen LogP) is 3.38. The van der Waals surface area contributed by atoms with Crippen LogP contribution in [0, 0.1) is 0 Å². The number of rotatable bonds is 10. The molecule has 0 bridgehead atoms. The zero-order valence-electron chi connectivity index (χ0n) is 20.7. The van der Waals surface area contributed by atoms with E-state index in [1.54, 1.807) is 23.9 Å². The first-order chi connectivity index (χ1) is 17.1. The fourth-order valence-corrected chi connectivity index (χ4v) is 4.77. The molecule has 0 aliphatic carbocycles. The van der Waals surface area contributed by atoms with Gasteiger partial charge in [0.25, 0.3) is 5.91 Å². The van der Waals surface area contributed by atoms with Gasteiger partial charge in [0.2, 0.25) is 5.75 Å². The van der Waals surface area contributed by atoms with Gasteiger partial charge in [-0.15, -0.1) is 0 Å². The van der Waals surface area contributed by atoms with Gasteiger partial charge in [-0.2, -0.15) is 5.10 Å². The van der Waals surface area contributed by atoms with Gasteiger partial charge in [0.05, 0.1) is 39.5 Å². The number of nitrogens with one attached hydrogen (secondary N) is 1. The van der Waals surface area contributed by atoms with E-state index in [-0.39, 0.29) is 5.91 Å². The van der Waals surface area contributed by atoms with Crippen LogP contribution in [0.2, 0.25) is 0 Å². The maximum atomic E-state index is 12.8. The van der Waals surface area contributed by atoms with Crippen LogP contribution in [0.3, 0.4) is 0 Å². The van der Waals surface area contributed by atoms with Crippen LogP contribution < -0.4 is 24.4 Å². The van der Waals surface area contributed by atoms with Gasteiger partial charge in [-0.1, -0.05) is 18.7 Å². The first-order valence-corrected chi connectivity index (χ1v) is 12.8. The lowest BCUT2D eigenvalue weighted by Gasteiger charge is -2.28. The molecule has 1 N–H and O–H groups in total. The van der Waals surface area contributed by atoms with Crippen molar-refractivity contribution in [1.29, 1.82) is 0 Å². The molecule has 1 fully saturated rings. The molecule has 0 unspecified atom stereocenters. The van der Waals surface area contributed by atoms with E-state index in [1.165, 1.54) is 40.6 Å². The van der Waals surface area contributed by atoms with E-state index in [1.807, 2.05) is 10.9 Å². The van der Waals surface area contributed by atoms with E-state index in [4.69, 9.17) is 24.2 Å². The van der Waals surface area contributed by atoms with Crippen LogP contribution in [0.15, 0.2) is 23.5 Å². The molecule has 0 spiro atoms. The molecule has 0 saturated carbocycles. The number of fused-ring (bicyclic) bond motifs is 1. The Labute approximate surface area is 209 Å². The summed E-state index contributed by atoms with van der Waals surface area (Å²) < 4.78 is 17.9. The molecular formula is C24H32N6O4S. The third kappa shape index (κ3) is 5.39. The molecule has 3 aromatic rings. The molecule has 1 saturated heterocycles. The number of nitrogens with zero attached hydrogens (tertiary/aromatic N) is 5. The summed E-state index contributed by atoms with van der Waals surface area (Å²) in [7, 11) is 4.57. The van der Waals surface area contributed by atoms with Crippen LogP contribution in [-0.2, 0) is 6.54 Å². The minimum atomic E-state index is -0.244. The minimum Gasteiger partial charge on any atom is -0.493 e. The SMILES string of the molecule is CCSc1nc(N2CCCCC2)c2cnn(CCNC(=O)c3cc(OC)c(OC)c(OC)c3)c2n1. The van der Waals surface area contributed by atoms with Crippen molar-refractivity contribution in [2.24, 2.45) is 0 Å². The van der Waals surface area contributed by atoms with Gasteiger partial charge in [-0.3, -0.25) is 4.79 Å². The number of carbonyl (C=O) groups excluding carboxylic acids is 1. The molecule has 35 heavy (non-hydrogen) atoms. The third-order valence-corrected chi connectivity index (χ3v) is 6.65. The maximum absolute atomic E-state index is 12.8. The molecule has 0 atom stereocenters. The Hall–Kier alpha value is -3.21. The van der Waals surface area contributed by atoms with E-state index in [9.17, 15) is 4.79 Å². The molecular weight excluding hydrogens is 468 g/mol. The second-order valence-electron chi connectivity index (χ2n) is 8.09. The van der Waals surface area contributed by atoms with Crippen molar-refractivity contribution < 1.29 is 19.0 Å². The maximum Gasteiger partial charge on any atom is 0.251 e. The number of hydrogen-bond acceptors (Lipinski definition) is 9. The molecule has 11 heteroatoms. The van der Waals surface area contributed by atoms with Crippen LogP contribution in [0.4, 0.5) is 5.82 Å². The average molecular weight is 501 g/mol. The highest BCUT2D eigenvalue weighted by Crippen LogP contribution is 2.38. The lowest BCUT2D eigenvalue weighted by molar-refractivity contribution is 0.0951. The fraction of sp³-hybridized carbons (Fsp3) is 0.500. The number of methoxy groups -OCH3 is 3. The summed E-state index contributed by atoms with van der Waals surface area (Å²) in [5, 5.41) is 9.22. The summed E-state index contributed by atoms with van der Waals surface area (Å²) in [6.07, 6.45) is 5.43. The Morgan fingerprint density at radius 2 is 1.77 bits per heavy atom. The third-order valence-electron chi connectivity index (χ3n) is 5.92. The summed E-state index contributed by atoms with van der Waals surface area (Å²) in [6.45, 7) is 4.95. The minimum absolute atomic E-state index is 0.244. The quantitative estimate of drug-likeness (QED) is 0.331. The van der Waals surface area contributed by atoms with Crippen molar-refractivity contribution in [3.05, 3.63) is 23.9 Å². The average Bonchev–Trinajstić information content (AvgIpc) is 3.30. The second kappa shape index (κ2) is 11.5. The van der Waals surface area contributed by atoms with Crippen molar-refractivity contribution in [3.63, 3.8) is 0 Å². The number of hydrogen-bond donors (Lipinski definition) is 1. The van der Waals surface area contributed by atoms with Gasteiger partial charge in [-0.25, -0.2) is 14.6 Å². The number of thioether (sulfide) groups is 1. The van der Waals surface area contributed by atoms with Gasteiger partial charge in [-0.05, 0) is 37.1 Å². The van der Waals surface area contributed by atoms with Crippen molar-refractivity contribution in [1.82, 2.24) is 25.1 Å². The number of aromatic nitrogens is 4. The van der Waals surface area contributed by atoms with E-state index >= 15 is 0 Å². The highest BCUT2D eigenvalue weighted by atomic mass is 32.2. The number of anilines is 1. The largest absolute Gasteiger partial charge is 0.493 e. The van der Waals surface area contributed by atoms with Crippen LogP contribution in [0.5, 0.6) is 17.2 Å². The van der Waals surface area contributed by atoms with E-state index < -0.39 is 0 Å². The molecule has 2 aromatic heterocycles. The number of ether oxygens (including phenoxy) is 3. The number of piperidine rings is 1. The zero-order valence-corrected chi connectivity index (χ0v) is 21.5. The lowest BCUT2D eigenvalue weighted by atomic mass is 10.1. The smallest absolute Gasteiger partial charge is 0.251 e. The highest BCUT2D eigenvalue weighted by molar-refractivity contribution is 7.99. The zero-order chi connectivity index (χ0) is 24.8. The topological polar surface area (TPSA) is 104 Å². The molecule has 1 aliphatic rings. The lowest BCUT2D eigenvalue weighted by Crippen LogP contribution is -2.30. The molecule has 1 aliphatic heterocycles. The van der Waals surface area contributed by atoms with Crippen LogP contribution in [0.25, 0.3) is 11.0 Å². The summed E-state index contributed by atoms with van der Waals surface area (Å²) in [4.78, 5) is 24.8. The fourth-order valence-electron chi connectivity index (χ4n) is 4.21. The summed E-state index contributed by atoms with van der Waals surface area (Å²) in [5.74, 6) is 2.91. The van der Waals surface area contributed by atoms with Crippen molar-refractivity contribution in [2.45, 2.75) is 37.9 Å². The van der Waals surface area contributed by atoms with Crippen LogP contribution in [0.1, 0.15) is 36.5 Å². The molecule has 1 aromatic carbocycles. The van der Waals surface area contributed by atoms with Gasteiger partial charge >= 0.3 is 0 Å². The summed E-state index contributed by atoms with van der Waals surface area (Å²) in [6, 6.07) is 3.26. The standard InChI is InChI=1S/C24H32N6O4S/c1-5-35-24-27-21(29-10-7-6-8-11-29)17-15-26-30(22(17)28-24)12-9-25-23(31)16-13-18(32-2)20(34-4)19(14-16)33-3/h13-15H,5-12H2,1-4H3,(H,25,31). The Bertz CT molecular complexity index is 1150. The first kappa shape index (κ1) is 24.9. The Morgan fingerprint density at radius 1 is 1.06 bits per heavy atom. The van der Waals surface area contributed by atoms with Crippen molar-refractivity contribution >= 4 is 34.5 Å². The van der Waals surface area contributed by atoms with Gasteiger partial charge < -0.3 is 24.4 Å². The Balaban J connectivity index is 1.51. The first-order valence-electron chi connectivity index (χ1n) is 11.8. The summed E-state index contributed by atoms with van der Waals surface area (Å²) in [5.41, 5.74) is 1.21.